The summed E-state index contributed by atoms with van der Waals surface area (Å²) in [6.45, 7) is 6.25. The first kappa shape index (κ1) is 26.2. The molecule has 9 heteroatoms. The van der Waals surface area contributed by atoms with E-state index in [2.05, 4.69) is 50.3 Å². The van der Waals surface area contributed by atoms with E-state index in [4.69, 9.17) is 23.2 Å². The minimum absolute atomic E-state index is 0.106. The number of benzene rings is 1. The van der Waals surface area contributed by atoms with Gasteiger partial charge >= 0.3 is 6.03 Å². The van der Waals surface area contributed by atoms with Gasteiger partial charge in [0, 0.05) is 49.9 Å². The number of aromatic nitrogens is 1. The van der Waals surface area contributed by atoms with E-state index in [1.54, 1.807) is 12.1 Å². The van der Waals surface area contributed by atoms with Gasteiger partial charge in [-0.05, 0) is 81.4 Å². The van der Waals surface area contributed by atoms with Crippen molar-refractivity contribution < 1.29 is 4.79 Å². The minimum atomic E-state index is -0.106. The van der Waals surface area contributed by atoms with Crippen LogP contribution in [0.15, 0.2) is 36.4 Å². The molecule has 2 aliphatic carbocycles. The maximum Gasteiger partial charge on any atom is 0.322 e. The number of carbonyl (C=O) groups is 1. The van der Waals surface area contributed by atoms with E-state index in [0.717, 1.165) is 71.4 Å². The maximum atomic E-state index is 13.6. The monoisotopic (exact) mass is 540 g/mol. The van der Waals surface area contributed by atoms with Gasteiger partial charge in [0.05, 0.1) is 11.6 Å². The first-order valence-electron chi connectivity index (χ1n) is 13.2. The Morgan fingerprint density at radius 1 is 1.16 bits per heavy atom. The lowest BCUT2D eigenvalue weighted by atomic mass is 9.93. The highest BCUT2D eigenvalue weighted by Gasteiger charge is 2.63. The lowest BCUT2D eigenvalue weighted by Gasteiger charge is -2.33. The molecule has 2 saturated carbocycles. The van der Waals surface area contributed by atoms with Crippen molar-refractivity contribution in [1.82, 2.24) is 19.7 Å². The number of urea groups is 1. The summed E-state index contributed by atoms with van der Waals surface area (Å²) in [7, 11) is 2.17. The number of unbranched alkanes of at least 4 members (excludes halogenated alkanes) is 1. The quantitative estimate of drug-likeness (QED) is 0.366. The molecule has 3 atom stereocenters. The molecule has 1 aromatic heterocycles. The minimum Gasteiger partial charge on any atom is -0.321 e. The summed E-state index contributed by atoms with van der Waals surface area (Å²) in [6, 6.07) is 13.6. The van der Waals surface area contributed by atoms with Gasteiger partial charge in [0.15, 0.2) is 0 Å². The van der Waals surface area contributed by atoms with Crippen LogP contribution in [0.2, 0.25) is 10.3 Å². The predicted molar refractivity (Wildman–Crippen MR) is 147 cm³/mol. The van der Waals surface area contributed by atoms with Crippen molar-refractivity contribution in [3.05, 3.63) is 57.8 Å². The average molecular weight is 542 g/mol. The smallest absolute Gasteiger partial charge is 0.321 e. The Hall–Kier alpha value is -2.37. The molecule has 7 nitrogen and oxygen atoms in total. The van der Waals surface area contributed by atoms with Crippen LogP contribution < -0.4 is 5.32 Å². The number of halogens is 2. The molecular formula is C28H34Cl2N6O. The van der Waals surface area contributed by atoms with Gasteiger partial charge in [-0.1, -0.05) is 35.3 Å². The summed E-state index contributed by atoms with van der Waals surface area (Å²) >= 11 is 12.1. The van der Waals surface area contributed by atoms with Crippen LogP contribution >= 0.6 is 23.2 Å². The average Bonchev–Trinajstić information content (AvgIpc) is 3.50. The second-order valence-corrected chi connectivity index (χ2v) is 11.5. The number of hydrogen-bond donors (Lipinski definition) is 1. The first-order chi connectivity index (χ1) is 17.9. The molecule has 2 amide bonds. The van der Waals surface area contributed by atoms with E-state index in [-0.39, 0.29) is 27.8 Å². The molecule has 3 aliphatic rings. The van der Waals surface area contributed by atoms with Gasteiger partial charge in [-0.15, -0.1) is 0 Å². The van der Waals surface area contributed by atoms with E-state index in [1.165, 1.54) is 5.56 Å². The number of pyridine rings is 1. The van der Waals surface area contributed by atoms with Crippen molar-refractivity contribution in [3.8, 4) is 6.07 Å². The number of nitrogens with zero attached hydrogens (tertiary/aromatic N) is 5. The van der Waals surface area contributed by atoms with Gasteiger partial charge in [-0.25, -0.2) is 9.78 Å². The van der Waals surface area contributed by atoms with Gasteiger partial charge in [-0.2, -0.15) is 5.26 Å². The largest absolute Gasteiger partial charge is 0.322 e. The number of rotatable bonds is 8. The van der Waals surface area contributed by atoms with Crippen LogP contribution in [0.1, 0.15) is 43.2 Å². The number of amides is 2. The van der Waals surface area contributed by atoms with Gasteiger partial charge in [-0.3, -0.25) is 0 Å². The van der Waals surface area contributed by atoms with E-state index < -0.39 is 0 Å². The zero-order valence-corrected chi connectivity index (χ0v) is 22.8. The zero-order valence-electron chi connectivity index (χ0n) is 21.3. The number of carbonyl (C=O) groups excluding carboxylic acids is 1. The second-order valence-electron chi connectivity index (χ2n) is 10.7. The van der Waals surface area contributed by atoms with Crippen molar-refractivity contribution in [2.24, 2.45) is 5.92 Å². The van der Waals surface area contributed by atoms with Crippen LogP contribution in [0.25, 0.3) is 0 Å². The molecule has 37 heavy (non-hydrogen) atoms. The normalized spacial score (nSPS) is 25.4. The summed E-state index contributed by atoms with van der Waals surface area (Å²) < 4.78 is 0. The number of likely N-dealkylation sites (N-methyl/N-ethyl adjacent to an activating group) is 1. The standard InChI is InChI=1S/C28H34Cl2N6O/c1-34-12-14-35(15-13-34)10-2-3-11-36(27(37)32-22-16-25(29)33-26(30)17-22)24-8-9-28(18-23(24)28)21-6-4-20(19-31)5-7-21/h4-7,16-17,23-24H,2-3,8-15,18H2,1H3,(H,32,33,37)/t23-,24-,28-/m1/s1. The Bertz CT molecular complexity index is 1140. The van der Waals surface area contributed by atoms with E-state index >= 15 is 0 Å². The predicted octanol–water partition coefficient (Wildman–Crippen LogP) is 5.24. The molecule has 196 valence electrons. The Morgan fingerprint density at radius 2 is 1.86 bits per heavy atom. The molecule has 3 fully saturated rings. The fourth-order valence-electron chi connectivity index (χ4n) is 6.30. The van der Waals surface area contributed by atoms with Crippen molar-refractivity contribution in [2.75, 3.05) is 51.6 Å². The molecule has 1 aliphatic heterocycles. The Balaban J connectivity index is 1.26. The summed E-state index contributed by atoms with van der Waals surface area (Å²) in [5.41, 5.74) is 2.66. The number of nitrogens with one attached hydrogen (secondary N) is 1. The van der Waals surface area contributed by atoms with Gasteiger partial charge in [0.25, 0.3) is 0 Å². The lowest BCUT2D eigenvalue weighted by Crippen LogP contribution is -2.45. The van der Waals surface area contributed by atoms with Crippen molar-refractivity contribution >= 4 is 34.9 Å². The van der Waals surface area contributed by atoms with Crippen LogP contribution in [-0.4, -0.2) is 78.1 Å². The zero-order chi connectivity index (χ0) is 26.0. The fourth-order valence-corrected chi connectivity index (χ4v) is 6.76. The van der Waals surface area contributed by atoms with E-state index in [9.17, 15) is 10.1 Å². The number of hydrogen-bond acceptors (Lipinski definition) is 5. The second kappa shape index (κ2) is 11.2. The van der Waals surface area contributed by atoms with Crippen LogP contribution in [0, 0.1) is 17.2 Å². The van der Waals surface area contributed by atoms with Crippen LogP contribution in [0.3, 0.4) is 0 Å². The number of anilines is 1. The topological polar surface area (TPSA) is 75.5 Å². The third kappa shape index (κ3) is 5.88. The Labute approximate surface area is 229 Å². The highest BCUT2D eigenvalue weighted by molar-refractivity contribution is 6.33. The molecule has 1 N–H and O–H groups in total. The third-order valence-electron chi connectivity index (χ3n) is 8.47. The first-order valence-corrected chi connectivity index (χ1v) is 14.0. The molecule has 1 aromatic carbocycles. The molecule has 0 unspecified atom stereocenters. The summed E-state index contributed by atoms with van der Waals surface area (Å²) in [5, 5.41) is 12.7. The maximum absolute atomic E-state index is 13.6. The van der Waals surface area contributed by atoms with Crippen LogP contribution in [0.4, 0.5) is 10.5 Å². The molecule has 0 spiro atoms. The molecule has 2 aromatic rings. The third-order valence-corrected chi connectivity index (χ3v) is 8.86. The summed E-state index contributed by atoms with van der Waals surface area (Å²) in [4.78, 5) is 24.5. The van der Waals surface area contributed by atoms with Crippen molar-refractivity contribution in [3.63, 3.8) is 0 Å². The Kier molecular flexibility index (Phi) is 7.92. The molecule has 1 saturated heterocycles. The highest BCUT2D eigenvalue weighted by Crippen LogP contribution is 2.65. The lowest BCUT2D eigenvalue weighted by molar-refractivity contribution is 0.147. The molecular weight excluding hydrogens is 507 g/mol. The van der Waals surface area contributed by atoms with Crippen LogP contribution in [-0.2, 0) is 5.41 Å². The molecule has 0 radical (unpaired) electrons. The SMILES string of the molecule is CN1CCN(CCCCN(C(=O)Nc2cc(Cl)nc(Cl)c2)[C@@H]2CC[C@]3(c4ccc(C#N)cc4)C[C@H]23)CC1. The molecule has 2 heterocycles. The number of nitriles is 1. The summed E-state index contributed by atoms with van der Waals surface area (Å²) in [6.07, 6.45) is 5.16. The van der Waals surface area contributed by atoms with Crippen molar-refractivity contribution in [2.45, 2.75) is 43.6 Å². The molecule has 0 bridgehead atoms. The van der Waals surface area contributed by atoms with E-state index in [1.807, 2.05) is 12.1 Å². The number of piperazine rings is 1. The van der Waals surface area contributed by atoms with Gasteiger partial charge in [0.1, 0.15) is 10.3 Å². The number of fused-ring (bicyclic) bond motifs is 1. The van der Waals surface area contributed by atoms with Crippen LogP contribution in [0.5, 0.6) is 0 Å². The van der Waals surface area contributed by atoms with Crippen molar-refractivity contribution in [1.29, 1.82) is 5.26 Å². The summed E-state index contributed by atoms with van der Waals surface area (Å²) in [5.74, 6) is 0.438. The fraction of sp³-hybridized carbons (Fsp3) is 0.536. The van der Waals surface area contributed by atoms with Gasteiger partial charge < -0.3 is 20.0 Å². The highest BCUT2D eigenvalue weighted by atomic mass is 35.5. The van der Waals surface area contributed by atoms with Gasteiger partial charge in [0.2, 0.25) is 0 Å². The molecule has 5 rings (SSSR count). The van der Waals surface area contributed by atoms with E-state index in [0.29, 0.717) is 17.2 Å². The Morgan fingerprint density at radius 3 is 2.51 bits per heavy atom.